The molecule has 26 heavy (non-hydrogen) atoms. The molecule has 0 unspecified atom stereocenters. The summed E-state index contributed by atoms with van der Waals surface area (Å²) >= 11 is 4.42. The number of fused-ring (bicyclic) bond motifs is 3. The molecule has 0 amide bonds. The average molecular weight is 403 g/mol. The Morgan fingerprint density at radius 1 is 1.38 bits per heavy atom. The number of thioether (sulfide) groups is 1. The Balaban J connectivity index is 1.73. The minimum Gasteiger partial charge on any atom is -0.292 e. The van der Waals surface area contributed by atoms with Gasteiger partial charge in [-0.25, -0.2) is 4.98 Å². The second kappa shape index (κ2) is 7.50. The molecule has 4 nitrogen and oxygen atoms in total. The van der Waals surface area contributed by atoms with Gasteiger partial charge in [0.05, 0.1) is 16.0 Å². The number of aromatic nitrogens is 2. The van der Waals surface area contributed by atoms with Gasteiger partial charge in [0, 0.05) is 11.4 Å². The number of hydrogen-bond donors (Lipinski definition) is 0. The molecule has 4 rings (SSSR count). The summed E-state index contributed by atoms with van der Waals surface area (Å²) in [6.45, 7) is 4.17. The fourth-order valence-electron chi connectivity index (χ4n) is 3.26. The van der Waals surface area contributed by atoms with E-state index in [-0.39, 0.29) is 17.1 Å². The first-order valence-electron chi connectivity index (χ1n) is 8.54. The average Bonchev–Trinajstić information content (AvgIpc) is 3.29. The summed E-state index contributed by atoms with van der Waals surface area (Å²) in [5.41, 5.74) is 1.19. The monoisotopic (exact) mass is 402 g/mol. The third-order valence-electron chi connectivity index (χ3n) is 4.48. The Labute approximate surface area is 163 Å². The highest BCUT2D eigenvalue weighted by atomic mass is 32.2. The van der Waals surface area contributed by atoms with Crippen LogP contribution in [0.2, 0.25) is 0 Å². The smallest absolute Gasteiger partial charge is 0.263 e. The van der Waals surface area contributed by atoms with Crippen LogP contribution >= 0.6 is 34.4 Å². The predicted molar refractivity (Wildman–Crippen MR) is 110 cm³/mol. The zero-order chi connectivity index (χ0) is 18.1. The molecule has 0 atom stereocenters. The molecule has 3 heterocycles. The Hall–Kier alpha value is -1.70. The van der Waals surface area contributed by atoms with Crippen molar-refractivity contribution < 1.29 is 4.79 Å². The van der Waals surface area contributed by atoms with Crippen LogP contribution in [-0.4, -0.2) is 21.1 Å². The van der Waals surface area contributed by atoms with Gasteiger partial charge in [0.1, 0.15) is 4.83 Å². The van der Waals surface area contributed by atoms with Gasteiger partial charge in [0.15, 0.2) is 10.9 Å². The number of carbonyl (C=O) groups excluding carboxylic acids is 1. The van der Waals surface area contributed by atoms with Gasteiger partial charge in [-0.2, -0.15) is 0 Å². The van der Waals surface area contributed by atoms with Crippen molar-refractivity contribution in [1.82, 2.24) is 9.55 Å². The van der Waals surface area contributed by atoms with E-state index in [4.69, 9.17) is 4.98 Å². The first-order chi connectivity index (χ1) is 12.7. The van der Waals surface area contributed by atoms with Crippen molar-refractivity contribution in [3.8, 4) is 0 Å². The summed E-state index contributed by atoms with van der Waals surface area (Å²) in [4.78, 5) is 33.1. The number of thiophene rings is 2. The fourth-order valence-corrected chi connectivity index (χ4v) is 6.21. The van der Waals surface area contributed by atoms with Crippen molar-refractivity contribution in [3.05, 3.63) is 55.8 Å². The second-order valence-corrected chi connectivity index (χ2v) is 9.15. The first kappa shape index (κ1) is 17.7. The highest BCUT2D eigenvalue weighted by molar-refractivity contribution is 7.99. The van der Waals surface area contributed by atoms with Gasteiger partial charge in [-0.1, -0.05) is 23.9 Å². The number of rotatable bonds is 6. The van der Waals surface area contributed by atoms with E-state index in [0.717, 1.165) is 34.4 Å². The van der Waals surface area contributed by atoms with E-state index in [9.17, 15) is 9.59 Å². The van der Waals surface area contributed by atoms with Crippen LogP contribution in [0.3, 0.4) is 0 Å². The molecule has 0 bridgehead atoms. The van der Waals surface area contributed by atoms with Crippen molar-refractivity contribution in [3.63, 3.8) is 0 Å². The topological polar surface area (TPSA) is 52.0 Å². The number of Topliss-reactive ketones (excluding diaryl/α,β-unsaturated/α-hetero) is 1. The Morgan fingerprint density at radius 3 is 3.00 bits per heavy atom. The highest BCUT2D eigenvalue weighted by Gasteiger charge is 2.22. The van der Waals surface area contributed by atoms with Crippen LogP contribution in [-0.2, 0) is 19.4 Å². The third-order valence-corrected chi connectivity index (χ3v) is 7.55. The SMILES string of the molecule is C=CCn1c(SCC(=O)c2cccs2)nc2sc3c(c2c1=O)CCCC3. The van der Waals surface area contributed by atoms with Crippen molar-refractivity contribution in [1.29, 1.82) is 0 Å². The van der Waals surface area contributed by atoms with E-state index in [2.05, 4.69) is 6.58 Å². The molecule has 1 aliphatic rings. The van der Waals surface area contributed by atoms with Gasteiger partial charge in [-0.15, -0.1) is 29.3 Å². The molecule has 134 valence electrons. The maximum absolute atomic E-state index is 13.1. The number of carbonyl (C=O) groups is 1. The van der Waals surface area contributed by atoms with Crippen LogP contribution in [0.5, 0.6) is 0 Å². The molecule has 0 radical (unpaired) electrons. The molecule has 0 fully saturated rings. The molecule has 0 aliphatic heterocycles. The Kier molecular flexibility index (Phi) is 5.11. The summed E-state index contributed by atoms with van der Waals surface area (Å²) in [6.07, 6.45) is 6.02. The van der Waals surface area contributed by atoms with Crippen LogP contribution in [0.4, 0.5) is 0 Å². The minimum absolute atomic E-state index is 0.000345. The van der Waals surface area contributed by atoms with Gasteiger partial charge in [-0.05, 0) is 42.7 Å². The number of ketones is 1. The molecule has 3 aromatic heterocycles. The van der Waals surface area contributed by atoms with Crippen LogP contribution in [0.1, 0.15) is 33.0 Å². The van der Waals surface area contributed by atoms with Crippen molar-refractivity contribution in [2.45, 2.75) is 37.4 Å². The standard InChI is InChI=1S/C19H18N2O2S3/c1-2-9-21-18(23)16-12-6-3-4-7-14(12)26-17(16)20-19(21)25-11-13(22)15-8-5-10-24-15/h2,5,8,10H,1,3-4,6-7,9,11H2. The number of nitrogens with zero attached hydrogens (tertiary/aromatic N) is 2. The minimum atomic E-state index is 0.000345. The zero-order valence-corrected chi connectivity index (χ0v) is 16.6. The largest absolute Gasteiger partial charge is 0.292 e. The van der Waals surface area contributed by atoms with E-state index >= 15 is 0 Å². The molecule has 0 N–H and O–H groups in total. The van der Waals surface area contributed by atoms with E-state index in [1.807, 2.05) is 17.5 Å². The summed E-state index contributed by atoms with van der Waals surface area (Å²) in [5, 5.41) is 3.28. The van der Waals surface area contributed by atoms with Gasteiger partial charge in [-0.3, -0.25) is 14.2 Å². The number of aryl methyl sites for hydroxylation is 2. The lowest BCUT2D eigenvalue weighted by Gasteiger charge is -2.12. The Bertz CT molecular complexity index is 1030. The molecule has 7 heteroatoms. The van der Waals surface area contributed by atoms with E-state index in [1.165, 1.54) is 40.0 Å². The lowest BCUT2D eigenvalue weighted by atomic mass is 9.97. The summed E-state index contributed by atoms with van der Waals surface area (Å²) in [5.74, 6) is 0.343. The van der Waals surface area contributed by atoms with E-state index in [1.54, 1.807) is 22.0 Å². The fraction of sp³-hybridized carbons (Fsp3) is 0.316. The summed E-state index contributed by atoms with van der Waals surface area (Å²) in [7, 11) is 0. The normalized spacial score (nSPS) is 13.7. The van der Waals surface area contributed by atoms with Crippen molar-refractivity contribution in [2.75, 3.05) is 5.75 Å². The van der Waals surface area contributed by atoms with Gasteiger partial charge >= 0.3 is 0 Å². The van der Waals surface area contributed by atoms with Crippen molar-refractivity contribution >= 4 is 50.4 Å². The Morgan fingerprint density at radius 2 is 2.23 bits per heavy atom. The molecule has 3 aromatic rings. The molecular formula is C19H18N2O2S3. The molecule has 0 saturated heterocycles. The van der Waals surface area contributed by atoms with E-state index in [0.29, 0.717) is 11.7 Å². The summed E-state index contributed by atoms with van der Waals surface area (Å²) < 4.78 is 1.66. The highest BCUT2D eigenvalue weighted by Crippen LogP contribution is 2.34. The molecular weight excluding hydrogens is 384 g/mol. The number of hydrogen-bond acceptors (Lipinski definition) is 6. The van der Waals surface area contributed by atoms with E-state index < -0.39 is 0 Å². The van der Waals surface area contributed by atoms with Crippen LogP contribution in [0.25, 0.3) is 10.2 Å². The lowest BCUT2D eigenvalue weighted by Crippen LogP contribution is -2.23. The lowest BCUT2D eigenvalue weighted by molar-refractivity contribution is 0.102. The van der Waals surface area contributed by atoms with Crippen molar-refractivity contribution in [2.24, 2.45) is 0 Å². The second-order valence-electron chi connectivity index (χ2n) is 6.18. The van der Waals surface area contributed by atoms with Crippen LogP contribution in [0, 0.1) is 0 Å². The number of allylic oxidation sites excluding steroid dienone is 1. The predicted octanol–water partition coefficient (Wildman–Crippen LogP) is 4.56. The maximum atomic E-state index is 13.1. The molecule has 0 spiro atoms. The quantitative estimate of drug-likeness (QED) is 0.262. The van der Waals surface area contributed by atoms with Crippen LogP contribution in [0.15, 0.2) is 40.1 Å². The third kappa shape index (κ3) is 3.19. The van der Waals surface area contributed by atoms with Crippen LogP contribution < -0.4 is 5.56 Å². The molecule has 0 saturated carbocycles. The molecule has 0 aromatic carbocycles. The zero-order valence-electron chi connectivity index (χ0n) is 14.2. The first-order valence-corrected chi connectivity index (χ1v) is 11.2. The van der Waals surface area contributed by atoms with Gasteiger partial charge < -0.3 is 0 Å². The maximum Gasteiger partial charge on any atom is 0.263 e. The summed E-state index contributed by atoms with van der Waals surface area (Å²) in [6, 6.07) is 3.70. The van der Waals surface area contributed by atoms with Gasteiger partial charge in [0.25, 0.3) is 5.56 Å². The van der Waals surface area contributed by atoms with Gasteiger partial charge in [0.2, 0.25) is 0 Å². The molecule has 1 aliphatic carbocycles.